The topological polar surface area (TPSA) is 104 Å². The van der Waals surface area contributed by atoms with Crippen LogP contribution in [0.1, 0.15) is 64.1 Å². The van der Waals surface area contributed by atoms with Crippen LogP contribution in [0.25, 0.3) is 5.00 Å². The van der Waals surface area contributed by atoms with Gasteiger partial charge >= 0.3 is 5.97 Å². The smallest absolute Gasteiger partial charge is 0.306 e. The maximum Gasteiger partial charge on any atom is 0.306 e. The normalized spacial score (nSPS) is 18.1. The van der Waals surface area contributed by atoms with Crippen LogP contribution in [0.3, 0.4) is 0 Å². The Morgan fingerprint density at radius 3 is 2.40 bits per heavy atom. The summed E-state index contributed by atoms with van der Waals surface area (Å²) in [5.74, 6) is 0.355. The molecule has 2 N–H and O–H groups in total. The van der Waals surface area contributed by atoms with E-state index in [0.717, 1.165) is 52.0 Å². The summed E-state index contributed by atoms with van der Waals surface area (Å²) in [5, 5.41) is 30.5. The molecule has 0 bridgehead atoms. The molecular weight excluding hydrogens is 522 g/mol. The Kier molecular flexibility index (Phi) is 6.80. The van der Waals surface area contributed by atoms with E-state index in [0.29, 0.717) is 25.1 Å². The van der Waals surface area contributed by atoms with E-state index in [1.807, 2.05) is 29.7 Å². The number of aromatic nitrogens is 3. The number of carboxylic acids is 1. The maximum absolute atomic E-state index is 11.8. The second-order valence-corrected chi connectivity index (χ2v) is 12.1. The van der Waals surface area contributed by atoms with Crippen molar-refractivity contribution in [2.45, 2.75) is 58.1 Å². The number of aliphatic imine (C=N–C) groups is 1. The van der Waals surface area contributed by atoms with E-state index < -0.39 is 17.6 Å². The molecular formula is C31H33N5O3S. The summed E-state index contributed by atoms with van der Waals surface area (Å²) < 4.78 is 1.97. The van der Waals surface area contributed by atoms with Gasteiger partial charge in [0.25, 0.3) is 0 Å². The number of piperidine rings is 1. The molecule has 2 aliphatic heterocycles. The molecule has 8 nitrogen and oxygen atoms in total. The average Bonchev–Trinajstić information content (AvgIpc) is 3.41. The van der Waals surface area contributed by atoms with E-state index in [2.05, 4.69) is 65.3 Å². The molecule has 206 valence electrons. The van der Waals surface area contributed by atoms with E-state index in [-0.39, 0.29) is 6.42 Å². The lowest BCUT2D eigenvalue weighted by Gasteiger charge is -2.39. The van der Waals surface area contributed by atoms with Gasteiger partial charge in [0.05, 0.1) is 17.7 Å². The Morgan fingerprint density at radius 2 is 1.73 bits per heavy atom. The minimum Gasteiger partial charge on any atom is -0.481 e. The maximum atomic E-state index is 11.8. The quantitative estimate of drug-likeness (QED) is 0.339. The molecule has 9 heteroatoms. The highest BCUT2D eigenvalue weighted by molar-refractivity contribution is 7.15. The number of fused-ring (bicyclic) bond motifs is 3. The lowest BCUT2D eigenvalue weighted by molar-refractivity contribution is -0.137. The molecule has 0 unspecified atom stereocenters. The van der Waals surface area contributed by atoms with Crippen LogP contribution in [0.5, 0.6) is 0 Å². The fourth-order valence-corrected chi connectivity index (χ4v) is 7.07. The zero-order valence-electron chi connectivity index (χ0n) is 23.0. The Labute approximate surface area is 237 Å². The van der Waals surface area contributed by atoms with Crippen molar-refractivity contribution in [2.24, 2.45) is 4.99 Å². The van der Waals surface area contributed by atoms with Crippen molar-refractivity contribution in [2.75, 3.05) is 18.0 Å². The van der Waals surface area contributed by atoms with Gasteiger partial charge in [0.15, 0.2) is 5.82 Å². The van der Waals surface area contributed by atoms with Crippen LogP contribution in [-0.2, 0) is 11.2 Å². The summed E-state index contributed by atoms with van der Waals surface area (Å²) in [6, 6.07) is 17.9. The van der Waals surface area contributed by atoms with Crippen molar-refractivity contribution in [3.05, 3.63) is 93.4 Å². The van der Waals surface area contributed by atoms with Gasteiger partial charge in [-0.15, -0.1) is 21.5 Å². The number of anilines is 1. The second kappa shape index (κ2) is 10.3. The molecule has 0 spiro atoms. The largest absolute Gasteiger partial charge is 0.481 e. The Balaban J connectivity index is 1.29. The van der Waals surface area contributed by atoms with E-state index in [4.69, 9.17) is 4.99 Å². The van der Waals surface area contributed by atoms with Crippen LogP contribution in [0.4, 0.5) is 5.69 Å². The zero-order valence-corrected chi connectivity index (χ0v) is 23.8. The second-order valence-electron chi connectivity index (χ2n) is 10.9. The van der Waals surface area contributed by atoms with Crippen molar-refractivity contribution >= 4 is 28.7 Å². The van der Waals surface area contributed by atoms with Gasteiger partial charge in [-0.1, -0.05) is 42.5 Å². The molecule has 6 rings (SSSR count). The molecule has 0 amide bonds. The number of nitrogens with zero attached hydrogens (tertiary/aromatic N) is 5. The van der Waals surface area contributed by atoms with Crippen LogP contribution < -0.4 is 4.90 Å². The van der Waals surface area contributed by atoms with Gasteiger partial charge < -0.3 is 15.1 Å². The van der Waals surface area contributed by atoms with Crippen molar-refractivity contribution in [3.8, 4) is 5.00 Å². The Hall–Kier alpha value is -3.82. The summed E-state index contributed by atoms with van der Waals surface area (Å²) in [7, 11) is 0. The average molecular weight is 556 g/mol. The third-order valence-electron chi connectivity index (χ3n) is 8.18. The highest BCUT2D eigenvalue weighted by Crippen LogP contribution is 2.40. The molecule has 4 heterocycles. The van der Waals surface area contributed by atoms with Crippen molar-refractivity contribution in [1.82, 2.24) is 14.8 Å². The lowest BCUT2D eigenvalue weighted by Crippen LogP contribution is -2.45. The third kappa shape index (κ3) is 4.84. The molecule has 2 aromatic carbocycles. The Bertz CT molecular complexity index is 1580. The molecule has 4 aromatic rings. The molecule has 1 atom stereocenters. The molecule has 40 heavy (non-hydrogen) atoms. The first kappa shape index (κ1) is 26.4. The number of carboxylic acid groups (broad SMARTS) is 1. The predicted octanol–water partition coefficient (Wildman–Crippen LogP) is 5.19. The van der Waals surface area contributed by atoms with Gasteiger partial charge in [0.2, 0.25) is 0 Å². The zero-order chi connectivity index (χ0) is 28.0. The van der Waals surface area contributed by atoms with Crippen molar-refractivity contribution in [3.63, 3.8) is 0 Å². The fourth-order valence-electron chi connectivity index (χ4n) is 5.85. The standard InChI is InChI=1S/C31H33N5O3S/c1-19-20(2)40-30-27(19)28(32-25(17-26(37)38)29-34-33-21(3)36(29)30)23-9-11-24(12-10-23)35-15-13-31(39,14-16-35)18-22-7-5-4-6-8-22/h4-12,25,39H,13-18H2,1-3H3,(H,37,38)/t25-/m0/s1. The van der Waals surface area contributed by atoms with Crippen LogP contribution in [-0.4, -0.2) is 55.3 Å². The van der Waals surface area contributed by atoms with Gasteiger partial charge in [-0.2, -0.15) is 0 Å². The Morgan fingerprint density at radius 1 is 1.02 bits per heavy atom. The van der Waals surface area contributed by atoms with Gasteiger partial charge in [0, 0.05) is 41.2 Å². The van der Waals surface area contributed by atoms with Crippen molar-refractivity contribution < 1.29 is 15.0 Å². The van der Waals surface area contributed by atoms with E-state index in [1.165, 1.54) is 10.4 Å². The molecule has 2 aromatic heterocycles. The molecule has 1 fully saturated rings. The number of carbonyl (C=O) groups is 1. The molecule has 1 saturated heterocycles. The first-order chi connectivity index (χ1) is 19.2. The number of thiophene rings is 1. The first-order valence-electron chi connectivity index (χ1n) is 13.7. The molecule has 0 aliphatic carbocycles. The van der Waals surface area contributed by atoms with E-state index >= 15 is 0 Å². The van der Waals surface area contributed by atoms with Crippen LogP contribution in [0, 0.1) is 20.8 Å². The van der Waals surface area contributed by atoms with E-state index in [1.54, 1.807) is 11.3 Å². The van der Waals surface area contributed by atoms with Crippen LogP contribution in [0.15, 0.2) is 59.6 Å². The van der Waals surface area contributed by atoms with E-state index in [9.17, 15) is 15.0 Å². The van der Waals surface area contributed by atoms with Gasteiger partial charge in [0.1, 0.15) is 16.9 Å². The number of benzene rings is 2. The predicted molar refractivity (Wildman–Crippen MR) is 157 cm³/mol. The fraction of sp³-hybridized carbons (Fsp3) is 0.355. The monoisotopic (exact) mass is 555 g/mol. The van der Waals surface area contributed by atoms with Crippen LogP contribution in [0.2, 0.25) is 0 Å². The van der Waals surface area contributed by atoms with Gasteiger partial charge in [-0.3, -0.25) is 14.4 Å². The van der Waals surface area contributed by atoms with Gasteiger partial charge in [-0.25, -0.2) is 0 Å². The lowest BCUT2D eigenvalue weighted by atomic mass is 9.85. The minimum absolute atomic E-state index is 0.160. The molecule has 2 aliphatic rings. The number of rotatable bonds is 6. The number of hydrogen-bond donors (Lipinski definition) is 2. The molecule has 0 radical (unpaired) electrons. The summed E-state index contributed by atoms with van der Waals surface area (Å²) >= 11 is 1.66. The van der Waals surface area contributed by atoms with Gasteiger partial charge in [-0.05, 0) is 56.9 Å². The highest BCUT2D eigenvalue weighted by atomic mass is 32.1. The summed E-state index contributed by atoms with van der Waals surface area (Å²) in [5.41, 5.74) is 5.45. The molecule has 0 saturated carbocycles. The number of hydrogen-bond acceptors (Lipinski definition) is 7. The number of aliphatic carboxylic acids is 1. The third-order valence-corrected chi connectivity index (χ3v) is 9.38. The summed E-state index contributed by atoms with van der Waals surface area (Å²) in [6.45, 7) is 7.64. The summed E-state index contributed by atoms with van der Waals surface area (Å²) in [4.78, 5) is 20.3. The van der Waals surface area contributed by atoms with Crippen LogP contribution >= 0.6 is 11.3 Å². The first-order valence-corrected chi connectivity index (χ1v) is 14.5. The number of aliphatic hydroxyl groups is 1. The highest BCUT2D eigenvalue weighted by Gasteiger charge is 2.34. The van der Waals surface area contributed by atoms with Crippen molar-refractivity contribution in [1.29, 1.82) is 0 Å². The SMILES string of the molecule is Cc1sc2c(c1C)C(c1ccc(N3CCC(O)(Cc4ccccc4)CC3)cc1)=N[C@@H](CC(=O)O)c1nnc(C)n1-2. The number of aryl methyl sites for hydroxylation is 2. The summed E-state index contributed by atoms with van der Waals surface area (Å²) in [6.07, 6.45) is 1.93. The minimum atomic E-state index is -0.925.